The van der Waals surface area contributed by atoms with Crippen molar-refractivity contribution >= 4 is 5.69 Å². The molecule has 0 amide bonds. The number of benzene rings is 2. The van der Waals surface area contributed by atoms with E-state index in [9.17, 15) is 10.1 Å². The zero-order chi connectivity index (χ0) is 15.2. The zero-order valence-electron chi connectivity index (χ0n) is 11.3. The molecule has 0 heterocycles. The summed E-state index contributed by atoms with van der Waals surface area (Å²) in [5.41, 5.74) is -0.278. The van der Waals surface area contributed by atoms with Crippen molar-refractivity contribution in [3.05, 3.63) is 58.1 Å². The van der Waals surface area contributed by atoms with E-state index in [1.807, 2.05) is 6.92 Å². The van der Waals surface area contributed by atoms with Gasteiger partial charge in [-0.2, -0.15) is 5.26 Å². The lowest BCUT2D eigenvalue weighted by Crippen LogP contribution is -1.93. The molecule has 0 aliphatic heterocycles. The second-order valence-electron chi connectivity index (χ2n) is 4.05. The molecule has 106 valence electrons. The molecule has 0 aliphatic rings. The highest BCUT2D eigenvalue weighted by Gasteiger charge is 2.14. The fourth-order valence-electron chi connectivity index (χ4n) is 1.73. The molecule has 0 fully saturated rings. The average Bonchev–Trinajstić information content (AvgIpc) is 2.49. The van der Waals surface area contributed by atoms with Gasteiger partial charge in [0.25, 0.3) is 5.69 Å². The van der Waals surface area contributed by atoms with Crippen LogP contribution in [0.25, 0.3) is 0 Å². The maximum Gasteiger partial charge on any atom is 0.287 e. The Morgan fingerprint density at radius 1 is 1.14 bits per heavy atom. The summed E-state index contributed by atoms with van der Waals surface area (Å²) in [7, 11) is 0. The minimum Gasteiger partial charge on any atom is -0.494 e. The molecule has 0 aromatic heterocycles. The van der Waals surface area contributed by atoms with E-state index in [1.165, 1.54) is 18.2 Å². The van der Waals surface area contributed by atoms with Crippen LogP contribution in [-0.4, -0.2) is 11.5 Å². The number of hydrogen-bond acceptors (Lipinski definition) is 5. The Morgan fingerprint density at radius 2 is 1.76 bits per heavy atom. The standard InChI is InChI=1S/C15H12N2O4/c1-2-20-12-3-5-13(6-4-12)21-14-7-8-15(17(18)19)11(9-14)10-16/h3-9H,2H2,1H3. The molecule has 21 heavy (non-hydrogen) atoms. The summed E-state index contributed by atoms with van der Waals surface area (Å²) in [5, 5.41) is 19.7. The molecule has 0 spiro atoms. The number of nitro groups is 1. The second kappa shape index (κ2) is 6.39. The lowest BCUT2D eigenvalue weighted by molar-refractivity contribution is -0.385. The molecule has 0 aliphatic carbocycles. The van der Waals surface area contributed by atoms with Crippen molar-refractivity contribution in [3.8, 4) is 23.3 Å². The summed E-state index contributed by atoms with van der Waals surface area (Å²) in [5.74, 6) is 1.64. The first-order valence-electron chi connectivity index (χ1n) is 6.23. The topological polar surface area (TPSA) is 85.4 Å². The smallest absolute Gasteiger partial charge is 0.287 e. The van der Waals surface area contributed by atoms with E-state index >= 15 is 0 Å². The Hall–Kier alpha value is -3.07. The summed E-state index contributed by atoms with van der Waals surface area (Å²) >= 11 is 0. The molecule has 0 N–H and O–H groups in total. The number of rotatable bonds is 5. The average molecular weight is 284 g/mol. The van der Waals surface area contributed by atoms with Gasteiger partial charge in [-0.05, 0) is 37.3 Å². The SMILES string of the molecule is CCOc1ccc(Oc2ccc([N+](=O)[O-])c(C#N)c2)cc1. The predicted octanol–water partition coefficient (Wildman–Crippen LogP) is 3.66. The van der Waals surface area contributed by atoms with Gasteiger partial charge in [0.15, 0.2) is 0 Å². The van der Waals surface area contributed by atoms with Crippen molar-refractivity contribution < 1.29 is 14.4 Å². The molecule has 0 radical (unpaired) electrons. The van der Waals surface area contributed by atoms with Crippen LogP contribution >= 0.6 is 0 Å². The van der Waals surface area contributed by atoms with Gasteiger partial charge in [0, 0.05) is 12.1 Å². The van der Waals surface area contributed by atoms with Crippen molar-refractivity contribution in [2.45, 2.75) is 6.92 Å². The molecular formula is C15H12N2O4. The van der Waals surface area contributed by atoms with Crippen LogP contribution < -0.4 is 9.47 Å². The van der Waals surface area contributed by atoms with Crippen molar-refractivity contribution in [3.63, 3.8) is 0 Å². The molecular weight excluding hydrogens is 272 g/mol. The fraction of sp³-hybridized carbons (Fsp3) is 0.133. The minimum atomic E-state index is -0.598. The van der Waals surface area contributed by atoms with Gasteiger partial charge in [0.1, 0.15) is 28.9 Å². The van der Waals surface area contributed by atoms with Gasteiger partial charge in [-0.3, -0.25) is 10.1 Å². The van der Waals surface area contributed by atoms with Crippen molar-refractivity contribution in [1.82, 2.24) is 0 Å². The maximum absolute atomic E-state index is 10.7. The van der Waals surface area contributed by atoms with E-state index in [0.717, 1.165) is 5.75 Å². The quantitative estimate of drug-likeness (QED) is 0.617. The predicted molar refractivity (Wildman–Crippen MR) is 75.5 cm³/mol. The van der Waals surface area contributed by atoms with E-state index in [1.54, 1.807) is 30.3 Å². The van der Waals surface area contributed by atoms with Crippen LogP contribution in [0.5, 0.6) is 17.2 Å². The number of ether oxygens (including phenoxy) is 2. The maximum atomic E-state index is 10.7. The first-order chi connectivity index (χ1) is 10.1. The van der Waals surface area contributed by atoms with Gasteiger partial charge in [0.2, 0.25) is 0 Å². The Labute approximate surface area is 121 Å². The Kier molecular flexibility index (Phi) is 4.36. The largest absolute Gasteiger partial charge is 0.494 e. The highest BCUT2D eigenvalue weighted by Crippen LogP contribution is 2.28. The third-order valence-corrected chi connectivity index (χ3v) is 2.66. The lowest BCUT2D eigenvalue weighted by Gasteiger charge is -2.07. The summed E-state index contributed by atoms with van der Waals surface area (Å²) in [6.07, 6.45) is 0. The lowest BCUT2D eigenvalue weighted by atomic mass is 10.2. The van der Waals surface area contributed by atoms with Crippen molar-refractivity contribution in [2.75, 3.05) is 6.61 Å². The fourth-order valence-corrected chi connectivity index (χ4v) is 1.73. The van der Waals surface area contributed by atoms with Crippen LogP contribution in [0.15, 0.2) is 42.5 Å². The second-order valence-corrected chi connectivity index (χ2v) is 4.05. The summed E-state index contributed by atoms with van der Waals surface area (Å²) < 4.78 is 10.9. The van der Waals surface area contributed by atoms with Crippen molar-refractivity contribution in [2.24, 2.45) is 0 Å². The highest BCUT2D eigenvalue weighted by molar-refractivity contribution is 5.52. The van der Waals surface area contributed by atoms with E-state index in [0.29, 0.717) is 18.1 Å². The Morgan fingerprint density at radius 3 is 2.33 bits per heavy atom. The van der Waals surface area contributed by atoms with Crippen LogP contribution in [0.2, 0.25) is 0 Å². The highest BCUT2D eigenvalue weighted by atomic mass is 16.6. The van der Waals surface area contributed by atoms with Crippen LogP contribution in [-0.2, 0) is 0 Å². The number of nitriles is 1. The number of hydrogen-bond donors (Lipinski definition) is 0. The third-order valence-electron chi connectivity index (χ3n) is 2.66. The van der Waals surface area contributed by atoms with Gasteiger partial charge in [-0.25, -0.2) is 0 Å². The molecule has 0 saturated carbocycles. The number of nitrogens with zero attached hydrogens (tertiary/aromatic N) is 2. The van der Waals surface area contributed by atoms with Gasteiger partial charge in [0.05, 0.1) is 11.5 Å². The Balaban J connectivity index is 2.20. The monoisotopic (exact) mass is 284 g/mol. The van der Waals surface area contributed by atoms with E-state index in [4.69, 9.17) is 14.7 Å². The van der Waals surface area contributed by atoms with Crippen LogP contribution in [0.1, 0.15) is 12.5 Å². The van der Waals surface area contributed by atoms with Crippen LogP contribution in [0.4, 0.5) is 5.69 Å². The summed E-state index contributed by atoms with van der Waals surface area (Å²) in [6, 6.07) is 12.8. The molecule has 2 aromatic rings. The normalized spacial score (nSPS) is 9.71. The van der Waals surface area contributed by atoms with E-state index in [-0.39, 0.29) is 11.3 Å². The molecule has 2 aromatic carbocycles. The van der Waals surface area contributed by atoms with Crippen molar-refractivity contribution in [1.29, 1.82) is 5.26 Å². The van der Waals surface area contributed by atoms with Gasteiger partial charge in [-0.1, -0.05) is 0 Å². The van der Waals surface area contributed by atoms with E-state index in [2.05, 4.69) is 0 Å². The molecule has 6 nitrogen and oxygen atoms in total. The minimum absolute atomic E-state index is 0.0385. The summed E-state index contributed by atoms with van der Waals surface area (Å²) in [6.45, 7) is 2.47. The molecule has 0 bridgehead atoms. The molecule has 0 atom stereocenters. The van der Waals surface area contributed by atoms with E-state index < -0.39 is 4.92 Å². The third kappa shape index (κ3) is 3.48. The Bertz CT molecular complexity index is 690. The first-order valence-corrected chi connectivity index (χ1v) is 6.23. The molecule has 0 saturated heterocycles. The van der Waals surface area contributed by atoms with Crippen LogP contribution in [0.3, 0.4) is 0 Å². The first kappa shape index (κ1) is 14.3. The van der Waals surface area contributed by atoms with Crippen LogP contribution in [0, 0.1) is 21.4 Å². The summed E-state index contributed by atoms with van der Waals surface area (Å²) in [4.78, 5) is 10.2. The molecule has 0 unspecified atom stereocenters. The molecule has 2 rings (SSSR count). The van der Waals surface area contributed by atoms with Gasteiger partial charge < -0.3 is 9.47 Å². The zero-order valence-corrected chi connectivity index (χ0v) is 11.3. The van der Waals surface area contributed by atoms with Gasteiger partial charge >= 0.3 is 0 Å². The number of nitro benzene ring substituents is 1. The van der Waals surface area contributed by atoms with Gasteiger partial charge in [-0.15, -0.1) is 0 Å². The molecule has 6 heteroatoms.